The Morgan fingerprint density at radius 3 is 2.58 bits per heavy atom. The van der Waals surface area contributed by atoms with Crippen molar-refractivity contribution in [2.45, 2.75) is 50.8 Å². The molecule has 33 heavy (non-hydrogen) atoms. The number of hydrogen-bond acceptors (Lipinski definition) is 5. The number of rotatable bonds is 7. The van der Waals surface area contributed by atoms with Gasteiger partial charge in [0.25, 0.3) is 0 Å². The molecule has 2 fully saturated rings. The smallest absolute Gasteiger partial charge is 0.335 e. The van der Waals surface area contributed by atoms with E-state index in [0.717, 1.165) is 29.8 Å². The summed E-state index contributed by atoms with van der Waals surface area (Å²) in [5, 5.41) is 12.3. The standard InChI is InChI=1S/C26H32N2O5/c1-18-4-3-5-22(16-18)33-23-10-13-28(17-23)26(11-14-32-15-12-26)25(31)27-19(2)20-6-8-21(9-7-20)24(29)30/h3-9,16,19,23H,10-15,17H2,1-2H3,(H,27,31)(H,29,30)/t19?,23-/m1/s1. The van der Waals surface area contributed by atoms with Gasteiger partial charge in [-0.25, -0.2) is 4.79 Å². The molecule has 2 aromatic rings. The zero-order valence-electron chi connectivity index (χ0n) is 19.3. The lowest BCUT2D eigenvalue weighted by Crippen LogP contribution is -2.61. The highest BCUT2D eigenvalue weighted by Gasteiger charge is 2.48. The molecule has 2 aliphatic rings. The summed E-state index contributed by atoms with van der Waals surface area (Å²) in [5.41, 5.74) is 1.64. The van der Waals surface area contributed by atoms with E-state index in [1.165, 1.54) is 0 Å². The number of amides is 1. The van der Waals surface area contributed by atoms with Crippen molar-refractivity contribution >= 4 is 11.9 Å². The first-order chi connectivity index (χ1) is 15.9. The van der Waals surface area contributed by atoms with Crippen LogP contribution in [0.15, 0.2) is 48.5 Å². The summed E-state index contributed by atoms with van der Waals surface area (Å²) in [4.78, 5) is 27.0. The molecule has 1 unspecified atom stereocenters. The van der Waals surface area contributed by atoms with Gasteiger partial charge in [0.1, 0.15) is 17.4 Å². The highest BCUT2D eigenvalue weighted by Crippen LogP contribution is 2.33. The molecule has 0 aromatic heterocycles. The van der Waals surface area contributed by atoms with Gasteiger partial charge in [-0.1, -0.05) is 24.3 Å². The van der Waals surface area contributed by atoms with Crippen molar-refractivity contribution < 1.29 is 24.2 Å². The molecule has 2 aliphatic heterocycles. The number of hydrogen-bond donors (Lipinski definition) is 2. The third kappa shape index (κ3) is 5.20. The van der Waals surface area contributed by atoms with E-state index in [-0.39, 0.29) is 23.6 Å². The Morgan fingerprint density at radius 1 is 1.18 bits per heavy atom. The van der Waals surface area contributed by atoms with E-state index in [4.69, 9.17) is 14.6 Å². The number of ether oxygens (including phenoxy) is 2. The van der Waals surface area contributed by atoms with Crippen LogP contribution in [0.5, 0.6) is 5.75 Å². The zero-order chi connectivity index (χ0) is 23.4. The maximum Gasteiger partial charge on any atom is 0.335 e. The van der Waals surface area contributed by atoms with Crippen molar-refractivity contribution in [1.82, 2.24) is 10.2 Å². The second kappa shape index (κ2) is 9.93. The van der Waals surface area contributed by atoms with Gasteiger partial charge in [-0.15, -0.1) is 0 Å². The summed E-state index contributed by atoms with van der Waals surface area (Å²) >= 11 is 0. The van der Waals surface area contributed by atoms with Crippen molar-refractivity contribution in [3.63, 3.8) is 0 Å². The minimum Gasteiger partial charge on any atom is -0.489 e. The third-order valence-electron chi connectivity index (χ3n) is 6.79. The second-order valence-corrected chi connectivity index (χ2v) is 9.06. The average Bonchev–Trinajstić information content (AvgIpc) is 3.28. The molecule has 7 nitrogen and oxygen atoms in total. The minimum atomic E-state index is -0.962. The van der Waals surface area contributed by atoms with Crippen LogP contribution in [-0.2, 0) is 9.53 Å². The molecule has 0 bridgehead atoms. The Balaban J connectivity index is 1.45. The van der Waals surface area contributed by atoms with E-state index in [9.17, 15) is 9.59 Å². The van der Waals surface area contributed by atoms with Crippen LogP contribution in [0.1, 0.15) is 53.7 Å². The number of carboxylic acids is 1. The van der Waals surface area contributed by atoms with Gasteiger partial charge in [0.05, 0.1) is 11.6 Å². The van der Waals surface area contributed by atoms with E-state index >= 15 is 0 Å². The predicted octanol–water partition coefficient (Wildman–Crippen LogP) is 3.57. The molecule has 7 heteroatoms. The molecule has 2 saturated heterocycles. The Bertz CT molecular complexity index is 984. The van der Waals surface area contributed by atoms with Gasteiger partial charge in [-0.05, 0) is 68.5 Å². The average molecular weight is 453 g/mol. The summed E-state index contributed by atoms with van der Waals surface area (Å²) < 4.78 is 11.8. The lowest BCUT2D eigenvalue weighted by atomic mass is 9.86. The van der Waals surface area contributed by atoms with Gasteiger partial charge in [0, 0.05) is 26.3 Å². The fraction of sp³-hybridized carbons (Fsp3) is 0.462. The molecule has 4 rings (SSSR count). The topological polar surface area (TPSA) is 88.1 Å². The lowest BCUT2D eigenvalue weighted by molar-refractivity contribution is -0.140. The molecule has 2 atom stereocenters. The number of aromatic carboxylic acids is 1. The van der Waals surface area contributed by atoms with Crippen LogP contribution in [0.25, 0.3) is 0 Å². The van der Waals surface area contributed by atoms with Crippen molar-refractivity contribution in [3.05, 3.63) is 65.2 Å². The van der Waals surface area contributed by atoms with Gasteiger partial charge in [-0.3, -0.25) is 9.69 Å². The first-order valence-corrected chi connectivity index (χ1v) is 11.6. The van der Waals surface area contributed by atoms with Gasteiger partial charge in [-0.2, -0.15) is 0 Å². The van der Waals surface area contributed by atoms with Crippen molar-refractivity contribution in [2.75, 3.05) is 26.3 Å². The van der Waals surface area contributed by atoms with Crippen molar-refractivity contribution in [1.29, 1.82) is 0 Å². The molecule has 2 N–H and O–H groups in total. The number of aryl methyl sites for hydroxylation is 1. The van der Waals surface area contributed by atoms with Crippen LogP contribution in [0, 0.1) is 6.92 Å². The first-order valence-electron chi connectivity index (χ1n) is 11.6. The molecule has 1 amide bonds. The molecule has 0 aliphatic carbocycles. The van der Waals surface area contributed by atoms with Gasteiger partial charge >= 0.3 is 5.97 Å². The normalized spacial score (nSPS) is 21.3. The summed E-state index contributed by atoms with van der Waals surface area (Å²) in [7, 11) is 0. The third-order valence-corrected chi connectivity index (χ3v) is 6.79. The van der Waals surface area contributed by atoms with E-state index in [1.807, 2.05) is 38.1 Å². The van der Waals surface area contributed by atoms with Gasteiger partial charge in [0.15, 0.2) is 0 Å². The Morgan fingerprint density at radius 2 is 1.91 bits per heavy atom. The number of likely N-dealkylation sites (tertiary alicyclic amines) is 1. The van der Waals surface area contributed by atoms with Crippen LogP contribution in [0.4, 0.5) is 0 Å². The number of benzene rings is 2. The highest BCUT2D eigenvalue weighted by atomic mass is 16.5. The number of nitrogens with zero attached hydrogens (tertiary/aromatic N) is 1. The molecule has 176 valence electrons. The summed E-state index contributed by atoms with van der Waals surface area (Å²) in [6, 6.07) is 14.5. The van der Waals surface area contributed by atoms with Gasteiger partial charge in [0.2, 0.25) is 5.91 Å². The van der Waals surface area contributed by atoms with Crippen LogP contribution in [0.3, 0.4) is 0 Å². The van der Waals surface area contributed by atoms with Crippen LogP contribution >= 0.6 is 0 Å². The lowest BCUT2D eigenvalue weighted by Gasteiger charge is -2.43. The molecule has 2 heterocycles. The van der Waals surface area contributed by atoms with E-state index in [2.05, 4.69) is 10.2 Å². The SMILES string of the molecule is Cc1cccc(O[C@@H]2CCN(C3(C(=O)NC(C)c4ccc(C(=O)O)cc4)CCOCC3)C2)c1. The monoisotopic (exact) mass is 452 g/mol. The maximum absolute atomic E-state index is 13.6. The predicted molar refractivity (Wildman–Crippen MR) is 125 cm³/mol. The first kappa shape index (κ1) is 23.3. The largest absolute Gasteiger partial charge is 0.489 e. The summed E-state index contributed by atoms with van der Waals surface area (Å²) in [6.45, 7) is 6.57. The number of carbonyl (C=O) groups excluding carboxylic acids is 1. The summed E-state index contributed by atoms with van der Waals surface area (Å²) in [5.74, 6) is -0.0987. The van der Waals surface area contributed by atoms with E-state index < -0.39 is 11.5 Å². The molecular weight excluding hydrogens is 420 g/mol. The number of carbonyl (C=O) groups is 2. The van der Waals surface area contributed by atoms with Crippen LogP contribution in [-0.4, -0.2) is 59.8 Å². The van der Waals surface area contributed by atoms with Crippen LogP contribution in [0.2, 0.25) is 0 Å². The fourth-order valence-electron chi connectivity index (χ4n) is 4.82. The Hall–Kier alpha value is -2.90. The Labute approximate surface area is 194 Å². The number of nitrogens with one attached hydrogen (secondary N) is 1. The van der Waals surface area contributed by atoms with Crippen molar-refractivity contribution in [2.24, 2.45) is 0 Å². The van der Waals surface area contributed by atoms with Crippen LogP contribution < -0.4 is 10.1 Å². The summed E-state index contributed by atoms with van der Waals surface area (Å²) in [6.07, 6.45) is 2.19. The molecule has 0 spiro atoms. The Kier molecular flexibility index (Phi) is 7.00. The minimum absolute atomic E-state index is 0.00295. The molecule has 0 radical (unpaired) electrons. The second-order valence-electron chi connectivity index (χ2n) is 9.06. The quantitative estimate of drug-likeness (QED) is 0.668. The number of carboxylic acid groups (broad SMARTS) is 1. The zero-order valence-corrected chi connectivity index (χ0v) is 19.3. The van der Waals surface area contributed by atoms with Crippen molar-refractivity contribution in [3.8, 4) is 5.75 Å². The molecule has 2 aromatic carbocycles. The van der Waals surface area contributed by atoms with E-state index in [1.54, 1.807) is 24.3 Å². The molecular formula is C26H32N2O5. The molecule has 0 saturated carbocycles. The van der Waals surface area contributed by atoms with E-state index in [0.29, 0.717) is 32.6 Å². The highest BCUT2D eigenvalue weighted by molar-refractivity contribution is 5.88. The van der Waals surface area contributed by atoms with Gasteiger partial charge < -0.3 is 19.9 Å². The fourth-order valence-corrected chi connectivity index (χ4v) is 4.82. The maximum atomic E-state index is 13.6.